The van der Waals surface area contributed by atoms with E-state index in [0.29, 0.717) is 17.2 Å². The Kier molecular flexibility index (Phi) is 3.98. The molecule has 0 N–H and O–H groups in total. The van der Waals surface area contributed by atoms with Gasteiger partial charge in [-0.3, -0.25) is 0 Å². The summed E-state index contributed by atoms with van der Waals surface area (Å²) in [6.07, 6.45) is 0. The summed E-state index contributed by atoms with van der Waals surface area (Å²) in [5.74, 6) is 0.523. The van der Waals surface area contributed by atoms with Crippen LogP contribution in [-0.4, -0.2) is 7.11 Å². The average Bonchev–Trinajstić information content (AvgIpc) is 2.43. The molecule has 0 radical (unpaired) electrons. The van der Waals surface area contributed by atoms with E-state index in [1.165, 1.54) is 19.2 Å². The number of ether oxygens (including phenoxy) is 2. The minimum atomic E-state index is -0.513. The summed E-state index contributed by atoms with van der Waals surface area (Å²) in [6, 6.07) is 7.55. The Morgan fingerprint density at radius 2 is 1.75 bits per heavy atom. The molecule has 20 heavy (non-hydrogen) atoms. The van der Waals surface area contributed by atoms with Gasteiger partial charge in [0.1, 0.15) is 17.2 Å². The topological polar surface area (TPSA) is 47.9 Å². The molecule has 0 spiro atoms. The Labute approximate surface area is 116 Å². The van der Waals surface area contributed by atoms with Crippen molar-refractivity contribution >= 4 is 5.69 Å². The summed E-state index contributed by atoms with van der Waals surface area (Å²) in [4.78, 5) is 10.5. The van der Waals surface area contributed by atoms with Crippen LogP contribution in [0.15, 0.2) is 35.5 Å². The summed E-state index contributed by atoms with van der Waals surface area (Å²) in [7, 11) is 1.47. The van der Waals surface area contributed by atoms with Gasteiger partial charge >= 0.3 is 0 Å². The smallest absolute Gasteiger partial charge is 0.169 e. The molecular formula is C15H14FNO3. The van der Waals surface area contributed by atoms with Crippen molar-refractivity contribution in [1.82, 2.24) is 0 Å². The molecule has 0 aliphatic heterocycles. The van der Waals surface area contributed by atoms with Crippen LogP contribution in [0.3, 0.4) is 0 Å². The van der Waals surface area contributed by atoms with E-state index in [0.717, 1.165) is 11.1 Å². The van der Waals surface area contributed by atoms with Crippen molar-refractivity contribution < 1.29 is 13.9 Å². The van der Waals surface area contributed by atoms with Gasteiger partial charge in [-0.15, -0.1) is 4.91 Å². The summed E-state index contributed by atoms with van der Waals surface area (Å²) in [5.41, 5.74) is 1.76. The molecule has 0 amide bonds. The first-order valence-corrected chi connectivity index (χ1v) is 6.01. The van der Waals surface area contributed by atoms with Crippen molar-refractivity contribution in [3.05, 3.63) is 52.2 Å². The molecule has 0 bridgehead atoms. The van der Waals surface area contributed by atoms with Crippen molar-refractivity contribution in [2.75, 3.05) is 7.11 Å². The van der Waals surface area contributed by atoms with Crippen LogP contribution >= 0.6 is 0 Å². The largest absolute Gasteiger partial charge is 0.497 e. The fourth-order valence-corrected chi connectivity index (χ4v) is 1.94. The Hall–Kier alpha value is -2.43. The molecule has 0 aliphatic carbocycles. The Morgan fingerprint density at radius 1 is 1.10 bits per heavy atom. The number of benzene rings is 2. The van der Waals surface area contributed by atoms with Gasteiger partial charge in [0.05, 0.1) is 7.11 Å². The maximum Gasteiger partial charge on any atom is 0.169 e. The fourth-order valence-electron chi connectivity index (χ4n) is 1.94. The molecule has 0 saturated heterocycles. The summed E-state index contributed by atoms with van der Waals surface area (Å²) in [6.45, 7) is 3.55. The van der Waals surface area contributed by atoms with Gasteiger partial charge in [-0.25, -0.2) is 4.39 Å². The zero-order valence-electron chi connectivity index (χ0n) is 11.4. The fraction of sp³-hybridized carbons (Fsp3) is 0.200. The lowest BCUT2D eigenvalue weighted by atomic mass is 10.1. The van der Waals surface area contributed by atoms with Gasteiger partial charge < -0.3 is 9.47 Å². The van der Waals surface area contributed by atoms with Crippen molar-refractivity contribution in [3.63, 3.8) is 0 Å². The first-order valence-electron chi connectivity index (χ1n) is 6.01. The Bertz CT molecular complexity index is 633. The Balaban J connectivity index is 2.37. The van der Waals surface area contributed by atoms with E-state index in [2.05, 4.69) is 5.18 Å². The van der Waals surface area contributed by atoms with E-state index < -0.39 is 5.82 Å². The molecule has 0 heterocycles. The first kappa shape index (κ1) is 14.0. The molecule has 0 aromatic heterocycles. The third kappa shape index (κ3) is 2.77. The number of nitroso groups, excluding NO2 is 1. The molecule has 0 atom stereocenters. The Morgan fingerprint density at radius 3 is 2.25 bits per heavy atom. The highest BCUT2D eigenvalue weighted by atomic mass is 19.1. The third-order valence-electron chi connectivity index (χ3n) is 2.90. The zero-order chi connectivity index (χ0) is 14.7. The molecule has 2 aromatic rings. The van der Waals surface area contributed by atoms with Gasteiger partial charge in [0.15, 0.2) is 11.6 Å². The van der Waals surface area contributed by atoms with Gasteiger partial charge in [0, 0.05) is 6.07 Å². The lowest BCUT2D eigenvalue weighted by molar-refractivity contribution is 0.401. The molecule has 2 rings (SSSR count). The predicted octanol–water partition coefficient (Wildman–Crippen LogP) is 4.64. The van der Waals surface area contributed by atoms with Crippen molar-refractivity contribution in [2.45, 2.75) is 13.8 Å². The van der Waals surface area contributed by atoms with E-state index in [-0.39, 0.29) is 5.75 Å². The van der Waals surface area contributed by atoms with Gasteiger partial charge in [0.25, 0.3) is 0 Å². The average molecular weight is 275 g/mol. The zero-order valence-corrected chi connectivity index (χ0v) is 11.4. The normalized spacial score (nSPS) is 10.2. The van der Waals surface area contributed by atoms with E-state index in [1.54, 1.807) is 32.0 Å². The first-order chi connectivity index (χ1) is 9.55. The van der Waals surface area contributed by atoms with Crippen molar-refractivity contribution in [2.24, 2.45) is 5.18 Å². The summed E-state index contributed by atoms with van der Waals surface area (Å²) in [5, 5.41) is 2.88. The standard InChI is InChI=1S/C15H14FNO3/c1-9-6-11(17-18)7-10(2)15(9)20-14-5-4-12(19-3)8-13(14)16/h4-8H,1-3H3. The van der Waals surface area contributed by atoms with Gasteiger partial charge in [-0.05, 0) is 54.4 Å². The van der Waals surface area contributed by atoms with E-state index >= 15 is 0 Å². The third-order valence-corrected chi connectivity index (χ3v) is 2.90. The number of halogens is 1. The van der Waals surface area contributed by atoms with Crippen LogP contribution in [0.4, 0.5) is 10.1 Å². The van der Waals surface area contributed by atoms with Gasteiger partial charge in [-0.1, -0.05) is 0 Å². The molecular weight excluding hydrogens is 261 g/mol. The highest BCUT2D eigenvalue weighted by molar-refractivity contribution is 5.53. The van der Waals surface area contributed by atoms with Crippen LogP contribution in [0, 0.1) is 24.6 Å². The minimum absolute atomic E-state index is 0.101. The molecule has 0 saturated carbocycles. The maximum absolute atomic E-state index is 13.9. The van der Waals surface area contributed by atoms with Crippen molar-refractivity contribution in [3.8, 4) is 17.2 Å². The van der Waals surface area contributed by atoms with E-state index in [9.17, 15) is 9.30 Å². The molecule has 104 valence electrons. The summed E-state index contributed by atoms with van der Waals surface area (Å²) >= 11 is 0. The quantitative estimate of drug-likeness (QED) is 0.763. The van der Waals surface area contributed by atoms with Crippen LogP contribution in [0.5, 0.6) is 17.2 Å². The lowest BCUT2D eigenvalue weighted by Gasteiger charge is -2.13. The molecule has 0 unspecified atom stereocenters. The van der Waals surface area contributed by atoms with Gasteiger partial charge in [0.2, 0.25) is 0 Å². The number of hydrogen-bond donors (Lipinski definition) is 0. The van der Waals surface area contributed by atoms with Gasteiger partial charge in [-0.2, -0.15) is 0 Å². The monoisotopic (exact) mass is 275 g/mol. The SMILES string of the molecule is COc1ccc(Oc2c(C)cc(N=O)cc2C)c(F)c1. The van der Waals surface area contributed by atoms with E-state index in [4.69, 9.17) is 9.47 Å². The van der Waals surface area contributed by atoms with Crippen LogP contribution < -0.4 is 9.47 Å². The lowest BCUT2D eigenvalue weighted by Crippen LogP contribution is -1.94. The predicted molar refractivity (Wildman–Crippen MR) is 74.4 cm³/mol. The second kappa shape index (κ2) is 5.69. The molecule has 0 aliphatic rings. The number of methoxy groups -OCH3 is 1. The summed E-state index contributed by atoms with van der Waals surface area (Å²) < 4.78 is 24.4. The van der Waals surface area contributed by atoms with Crippen LogP contribution in [0.2, 0.25) is 0 Å². The van der Waals surface area contributed by atoms with Crippen molar-refractivity contribution in [1.29, 1.82) is 0 Å². The minimum Gasteiger partial charge on any atom is -0.497 e. The molecule has 2 aromatic carbocycles. The number of rotatable bonds is 4. The van der Waals surface area contributed by atoms with Crippen LogP contribution in [-0.2, 0) is 0 Å². The number of aryl methyl sites for hydroxylation is 2. The second-order valence-corrected chi connectivity index (χ2v) is 4.40. The second-order valence-electron chi connectivity index (χ2n) is 4.40. The maximum atomic E-state index is 13.9. The van der Waals surface area contributed by atoms with Crippen LogP contribution in [0.25, 0.3) is 0 Å². The molecule has 5 heteroatoms. The number of hydrogen-bond acceptors (Lipinski definition) is 4. The molecule has 4 nitrogen and oxygen atoms in total. The highest BCUT2D eigenvalue weighted by Gasteiger charge is 2.11. The van der Waals surface area contributed by atoms with E-state index in [1.807, 2.05) is 0 Å². The highest BCUT2D eigenvalue weighted by Crippen LogP contribution is 2.34. The van der Waals surface area contributed by atoms with Crippen LogP contribution in [0.1, 0.15) is 11.1 Å². The molecule has 0 fully saturated rings. The number of nitrogens with zero attached hydrogens (tertiary/aromatic N) is 1.